The average molecular weight is 365 g/mol. The maximum atomic E-state index is 11.6. The molecular formula is C19H23N7O. The van der Waals surface area contributed by atoms with E-state index in [1.165, 1.54) is 0 Å². The van der Waals surface area contributed by atoms with Gasteiger partial charge in [-0.3, -0.25) is 0 Å². The third kappa shape index (κ3) is 3.61. The molecule has 2 aromatic rings. The molecule has 1 atom stereocenters. The summed E-state index contributed by atoms with van der Waals surface area (Å²) in [6.45, 7) is 2.08. The van der Waals surface area contributed by atoms with Gasteiger partial charge >= 0.3 is 0 Å². The maximum absolute atomic E-state index is 11.6. The minimum absolute atomic E-state index is 0.228. The molecule has 0 bridgehead atoms. The Kier molecular flexibility index (Phi) is 4.72. The molecule has 1 fully saturated rings. The van der Waals surface area contributed by atoms with Gasteiger partial charge in [0.1, 0.15) is 18.1 Å². The van der Waals surface area contributed by atoms with Gasteiger partial charge < -0.3 is 26.1 Å². The highest BCUT2D eigenvalue weighted by Gasteiger charge is 2.25. The second kappa shape index (κ2) is 7.32. The normalized spacial score (nSPS) is 20.0. The van der Waals surface area contributed by atoms with Gasteiger partial charge in [-0.25, -0.2) is 15.0 Å². The van der Waals surface area contributed by atoms with Crippen LogP contribution in [-0.4, -0.2) is 52.3 Å². The fourth-order valence-corrected chi connectivity index (χ4v) is 3.55. The molecule has 140 valence electrons. The Bertz CT molecular complexity index is 857. The number of aldehydes is 1. The van der Waals surface area contributed by atoms with Gasteiger partial charge in [0.05, 0.1) is 5.69 Å². The number of carbonyl (C=O) groups excluding carboxylic acids is 1. The molecule has 4 rings (SSSR count). The molecule has 4 N–H and O–H groups in total. The molecule has 4 heterocycles. The molecule has 2 aliphatic heterocycles. The minimum Gasteiger partial charge on any atom is -0.378 e. The highest BCUT2D eigenvalue weighted by atomic mass is 16.1. The summed E-state index contributed by atoms with van der Waals surface area (Å²) in [5.74, 6) is 0.967. The van der Waals surface area contributed by atoms with E-state index in [-0.39, 0.29) is 5.95 Å². The van der Waals surface area contributed by atoms with Crippen molar-refractivity contribution in [1.29, 1.82) is 0 Å². The van der Waals surface area contributed by atoms with Gasteiger partial charge in [-0.1, -0.05) is 0 Å². The molecule has 0 radical (unpaired) electrons. The summed E-state index contributed by atoms with van der Waals surface area (Å²) in [6, 6.07) is 1.87. The van der Waals surface area contributed by atoms with Crippen molar-refractivity contribution in [2.24, 2.45) is 0 Å². The van der Waals surface area contributed by atoms with Crippen LogP contribution < -0.4 is 16.4 Å². The first-order chi connectivity index (χ1) is 13.1. The summed E-state index contributed by atoms with van der Waals surface area (Å²) in [4.78, 5) is 26.9. The quantitative estimate of drug-likeness (QED) is 0.699. The van der Waals surface area contributed by atoms with Crippen LogP contribution in [0.25, 0.3) is 17.3 Å². The number of nitrogens with two attached hydrogens (primary N) is 1. The number of nitrogens with zero attached hydrogens (tertiary/aromatic N) is 4. The molecular weight excluding hydrogens is 342 g/mol. The lowest BCUT2D eigenvalue weighted by atomic mass is 9.96. The number of pyridine rings is 1. The smallest absolute Gasteiger partial charge is 0.219 e. The summed E-state index contributed by atoms with van der Waals surface area (Å²) >= 11 is 0. The van der Waals surface area contributed by atoms with Crippen molar-refractivity contribution in [2.75, 3.05) is 31.2 Å². The van der Waals surface area contributed by atoms with E-state index in [4.69, 9.17) is 10.7 Å². The second-order valence-electron chi connectivity index (χ2n) is 7.02. The van der Waals surface area contributed by atoms with Crippen LogP contribution in [0.5, 0.6) is 0 Å². The van der Waals surface area contributed by atoms with Gasteiger partial charge in [-0.05, 0) is 56.9 Å². The molecule has 0 saturated carbocycles. The van der Waals surface area contributed by atoms with Gasteiger partial charge in [0.25, 0.3) is 0 Å². The molecule has 1 saturated heterocycles. The number of carbonyl (C=O) groups is 1. The van der Waals surface area contributed by atoms with E-state index in [1.807, 2.05) is 12.1 Å². The Morgan fingerprint density at radius 1 is 1.30 bits per heavy atom. The lowest BCUT2D eigenvalue weighted by Crippen LogP contribution is -2.37. The third-order valence-electron chi connectivity index (χ3n) is 5.10. The fraction of sp³-hybridized carbons (Fsp3) is 0.368. The van der Waals surface area contributed by atoms with Crippen LogP contribution in [0.3, 0.4) is 0 Å². The van der Waals surface area contributed by atoms with Gasteiger partial charge in [0.15, 0.2) is 0 Å². The summed E-state index contributed by atoms with van der Waals surface area (Å²) in [6.07, 6.45) is 10.1. The topological polar surface area (TPSA) is 109 Å². The van der Waals surface area contributed by atoms with Crippen LogP contribution in [0.15, 0.2) is 24.7 Å². The number of piperidine rings is 1. The third-order valence-corrected chi connectivity index (χ3v) is 5.10. The Hall–Kier alpha value is -3.00. The molecule has 8 heteroatoms. The maximum Gasteiger partial charge on any atom is 0.219 e. The largest absolute Gasteiger partial charge is 0.378 e. The van der Waals surface area contributed by atoms with Crippen LogP contribution in [0.1, 0.15) is 30.0 Å². The molecule has 1 unspecified atom stereocenters. The van der Waals surface area contributed by atoms with Crippen LogP contribution >= 0.6 is 0 Å². The van der Waals surface area contributed by atoms with E-state index >= 15 is 0 Å². The van der Waals surface area contributed by atoms with E-state index in [2.05, 4.69) is 32.5 Å². The number of nitrogens with one attached hydrogen (secondary N) is 2. The average Bonchev–Trinajstić information content (AvgIpc) is 2.69. The van der Waals surface area contributed by atoms with Crippen LogP contribution in [0.2, 0.25) is 0 Å². The first-order valence-corrected chi connectivity index (χ1v) is 9.10. The number of hydrogen-bond acceptors (Lipinski definition) is 8. The molecule has 8 nitrogen and oxygen atoms in total. The van der Waals surface area contributed by atoms with Crippen LogP contribution in [0.4, 0.5) is 11.8 Å². The number of rotatable bonds is 4. The van der Waals surface area contributed by atoms with E-state index < -0.39 is 6.04 Å². The van der Waals surface area contributed by atoms with Crippen molar-refractivity contribution < 1.29 is 4.79 Å². The van der Waals surface area contributed by atoms with Crippen LogP contribution in [0, 0.1) is 0 Å². The predicted octanol–water partition coefficient (Wildman–Crippen LogP) is 1.44. The summed E-state index contributed by atoms with van der Waals surface area (Å²) in [5, 5.41) is 6.68. The van der Waals surface area contributed by atoms with Crippen LogP contribution in [-0.2, 0) is 4.79 Å². The monoisotopic (exact) mass is 365 g/mol. The zero-order chi connectivity index (χ0) is 18.8. The van der Waals surface area contributed by atoms with Crippen molar-refractivity contribution in [1.82, 2.24) is 25.2 Å². The molecule has 0 aromatic carbocycles. The Labute approximate surface area is 157 Å². The Morgan fingerprint density at radius 3 is 2.74 bits per heavy atom. The molecule has 0 aliphatic carbocycles. The first kappa shape index (κ1) is 17.4. The van der Waals surface area contributed by atoms with E-state index in [0.29, 0.717) is 6.04 Å². The van der Waals surface area contributed by atoms with E-state index in [9.17, 15) is 4.79 Å². The molecule has 27 heavy (non-hydrogen) atoms. The SMILES string of the molecule is CN1CCC(Nc2nc(-c3cnc(N)nc3)cc3c2C(C=O)NC=C3)CC1. The zero-order valence-corrected chi connectivity index (χ0v) is 15.2. The summed E-state index contributed by atoms with van der Waals surface area (Å²) in [7, 11) is 2.13. The van der Waals surface area contributed by atoms with Gasteiger partial charge in [-0.15, -0.1) is 0 Å². The molecule has 0 spiro atoms. The first-order valence-electron chi connectivity index (χ1n) is 9.10. The number of nitrogen functional groups attached to an aromatic ring is 1. The van der Waals surface area contributed by atoms with Crippen molar-refractivity contribution in [3.8, 4) is 11.3 Å². The predicted molar refractivity (Wildman–Crippen MR) is 105 cm³/mol. The Morgan fingerprint density at radius 2 is 2.04 bits per heavy atom. The molecule has 2 aliphatic rings. The Balaban J connectivity index is 1.74. The molecule has 0 amide bonds. The second-order valence-corrected chi connectivity index (χ2v) is 7.02. The van der Waals surface area contributed by atoms with Gasteiger partial charge in [0, 0.05) is 29.6 Å². The van der Waals surface area contributed by atoms with Crippen molar-refractivity contribution >= 4 is 24.1 Å². The fourth-order valence-electron chi connectivity index (χ4n) is 3.55. The number of hydrogen-bond donors (Lipinski definition) is 3. The summed E-state index contributed by atoms with van der Waals surface area (Å²) < 4.78 is 0. The van der Waals surface area contributed by atoms with Gasteiger partial charge in [0.2, 0.25) is 5.95 Å². The lowest BCUT2D eigenvalue weighted by molar-refractivity contribution is -0.109. The van der Waals surface area contributed by atoms with E-state index in [0.717, 1.165) is 60.4 Å². The minimum atomic E-state index is -0.414. The van der Waals surface area contributed by atoms with Crippen molar-refractivity contribution in [2.45, 2.75) is 24.9 Å². The van der Waals surface area contributed by atoms with Gasteiger partial charge in [-0.2, -0.15) is 0 Å². The van der Waals surface area contributed by atoms with Crippen molar-refractivity contribution in [3.63, 3.8) is 0 Å². The summed E-state index contributed by atoms with van der Waals surface area (Å²) in [5.41, 5.74) is 8.98. The highest BCUT2D eigenvalue weighted by Crippen LogP contribution is 2.33. The van der Waals surface area contributed by atoms with E-state index in [1.54, 1.807) is 18.6 Å². The number of likely N-dealkylation sites (tertiary alicyclic amines) is 1. The standard InChI is InChI=1S/C19H23N7O/c1-26-6-3-14(4-7-26)24-18-17-12(2-5-21-16(17)11-27)8-15(25-18)13-9-22-19(20)23-10-13/h2,5,8-11,14,16,21H,3-4,6-7H2,1H3,(H,24,25)(H2,20,22,23). The zero-order valence-electron chi connectivity index (χ0n) is 15.2. The number of fused-ring (bicyclic) bond motifs is 1. The lowest BCUT2D eigenvalue weighted by Gasteiger charge is -2.31. The molecule has 2 aromatic heterocycles. The highest BCUT2D eigenvalue weighted by molar-refractivity contribution is 5.78. The van der Waals surface area contributed by atoms with Crippen molar-refractivity contribution in [3.05, 3.63) is 35.8 Å². The number of anilines is 2. The number of aromatic nitrogens is 3.